The van der Waals surface area contributed by atoms with Crippen molar-refractivity contribution in [3.8, 4) is 0 Å². The lowest BCUT2D eigenvalue weighted by Gasteiger charge is -2.12. The highest BCUT2D eigenvalue weighted by Crippen LogP contribution is 2.21. The Morgan fingerprint density at radius 1 is 1.22 bits per heavy atom. The molecule has 1 aromatic carbocycles. The molecule has 18 heavy (non-hydrogen) atoms. The quantitative estimate of drug-likeness (QED) is 0.892. The van der Waals surface area contributed by atoms with Crippen molar-refractivity contribution in [3.63, 3.8) is 0 Å². The fraction of sp³-hybridized carbons (Fsp3) is 0.400. The lowest BCUT2D eigenvalue weighted by Crippen LogP contribution is -2.28. The molecule has 1 aliphatic rings. The molecule has 5 nitrogen and oxygen atoms in total. The van der Waals surface area contributed by atoms with Crippen molar-refractivity contribution in [2.24, 2.45) is 0 Å². The van der Waals surface area contributed by atoms with Gasteiger partial charge in [0.25, 0.3) is 0 Å². The van der Waals surface area contributed by atoms with E-state index in [4.69, 9.17) is 0 Å². The fourth-order valence-corrected chi connectivity index (χ4v) is 5.86. The Balaban J connectivity index is 2.15. The number of hydrogen-bond donors (Lipinski definition) is 1. The zero-order valence-electron chi connectivity index (χ0n) is 9.34. The molecule has 1 aromatic rings. The van der Waals surface area contributed by atoms with Crippen molar-refractivity contribution in [1.82, 2.24) is 0 Å². The number of anilines is 1. The summed E-state index contributed by atoms with van der Waals surface area (Å²) < 4.78 is 61.2. The van der Waals surface area contributed by atoms with E-state index < -0.39 is 30.9 Å². The van der Waals surface area contributed by atoms with Crippen LogP contribution >= 0.6 is 0 Å². The number of nitrogens with one attached hydrogen (secondary N) is 1. The molecule has 8 heteroatoms. The second-order valence-corrected chi connectivity index (χ2v) is 8.37. The average Bonchev–Trinajstić information content (AvgIpc) is 2.63. The van der Waals surface area contributed by atoms with Crippen LogP contribution in [0.25, 0.3) is 0 Å². The topological polar surface area (TPSA) is 80.3 Å². The highest BCUT2D eigenvalue weighted by atomic mass is 32.2. The zero-order valence-corrected chi connectivity index (χ0v) is 11.0. The van der Waals surface area contributed by atoms with Gasteiger partial charge in [-0.2, -0.15) is 0 Å². The summed E-state index contributed by atoms with van der Waals surface area (Å²) in [5.74, 6) is -0.938. The first kappa shape index (κ1) is 13.3. The number of sulfone groups is 1. The highest BCUT2D eigenvalue weighted by molar-refractivity contribution is 7.97. The lowest BCUT2D eigenvalue weighted by atomic mass is 10.3. The standard InChI is InChI=1S/C10H12FNO4S2/c11-8-1-3-9(4-2-8)12-18(15,16)10-5-6-17(13,14)7-10/h1-4,10,12H,5-7H2. The molecule has 0 saturated carbocycles. The van der Waals surface area contributed by atoms with Gasteiger partial charge in [0.2, 0.25) is 10.0 Å². The minimum Gasteiger partial charge on any atom is -0.283 e. The average molecular weight is 293 g/mol. The molecule has 1 N–H and O–H groups in total. The molecule has 0 spiro atoms. The molecule has 1 unspecified atom stereocenters. The van der Waals surface area contributed by atoms with Crippen LogP contribution in [0.2, 0.25) is 0 Å². The Kier molecular flexibility index (Phi) is 3.33. The third kappa shape index (κ3) is 2.99. The molecule has 1 saturated heterocycles. The monoisotopic (exact) mass is 293 g/mol. The smallest absolute Gasteiger partial charge is 0.236 e. The normalized spacial score (nSPS) is 22.8. The van der Waals surface area contributed by atoms with Gasteiger partial charge >= 0.3 is 0 Å². The highest BCUT2D eigenvalue weighted by Gasteiger charge is 2.37. The summed E-state index contributed by atoms with van der Waals surface area (Å²) in [5, 5.41) is -0.937. The maximum atomic E-state index is 12.7. The van der Waals surface area contributed by atoms with Crippen molar-refractivity contribution < 1.29 is 21.2 Å². The Hall–Kier alpha value is -1.15. The predicted octanol–water partition coefficient (Wildman–Crippen LogP) is 0.754. The molecule has 1 fully saturated rings. The predicted molar refractivity (Wildman–Crippen MR) is 66.0 cm³/mol. The van der Waals surface area contributed by atoms with Crippen molar-refractivity contribution in [1.29, 1.82) is 0 Å². The maximum absolute atomic E-state index is 12.7. The van der Waals surface area contributed by atoms with E-state index in [9.17, 15) is 21.2 Å². The van der Waals surface area contributed by atoms with E-state index in [1.165, 1.54) is 12.1 Å². The molecule has 0 radical (unpaired) electrons. The third-order valence-corrected chi connectivity index (χ3v) is 6.51. The molecule has 100 valence electrons. The Morgan fingerprint density at radius 2 is 1.83 bits per heavy atom. The van der Waals surface area contributed by atoms with E-state index in [0.29, 0.717) is 0 Å². The minimum absolute atomic E-state index is 0.0961. The van der Waals surface area contributed by atoms with Crippen LogP contribution in [0.5, 0.6) is 0 Å². The molecule has 1 aliphatic heterocycles. The van der Waals surface area contributed by atoms with Crippen molar-refractivity contribution in [2.75, 3.05) is 16.2 Å². The third-order valence-electron chi connectivity index (χ3n) is 2.73. The van der Waals surface area contributed by atoms with Crippen molar-refractivity contribution in [2.45, 2.75) is 11.7 Å². The van der Waals surface area contributed by atoms with Gasteiger partial charge in [0, 0.05) is 5.69 Å². The fourth-order valence-electron chi connectivity index (χ4n) is 1.77. The number of halogens is 1. The summed E-state index contributed by atoms with van der Waals surface area (Å²) in [5.41, 5.74) is 0.223. The second-order valence-electron chi connectivity index (χ2n) is 4.18. The Morgan fingerprint density at radius 3 is 2.33 bits per heavy atom. The lowest BCUT2D eigenvalue weighted by molar-refractivity contribution is 0.587. The first-order chi connectivity index (χ1) is 8.28. The van der Waals surface area contributed by atoms with Crippen LogP contribution in [-0.4, -0.2) is 33.6 Å². The van der Waals surface area contributed by atoms with E-state index in [1.54, 1.807) is 0 Å². The summed E-state index contributed by atoms with van der Waals surface area (Å²) in [6, 6.07) is 4.83. The van der Waals surface area contributed by atoms with Crippen LogP contribution in [0.4, 0.5) is 10.1 Å². The van der Waals surface area contributed by atoms with Crippen LogP contribution in [0.15, 0.2) is 24.3 Å². The molecule has 0 amide bonds. The molecule has 0 aromatic heterocycles. The number of rotatable bonds is 3. The van der Waals surface area contributed by atoms with Crippen LogP contribution in [-0.2, 0) is 19.9 Å². The first-order valence-electron chi connectivity index (χ1n) is 5.26. The van der Waals surface area contributed by atoms with E-state index >= 15 is 0 Å². The minimum atomic E-state index is -3.75. The Labute approximate surface area is 105 Å². The molecule has 0 aliphatic carbocycles. The van der Waals surface area contributed by atoms with Gasteiger partial charge in [-0.05, 0) is 30.7 Å². The number of benzene rings is 1. The van der Waals surface area contributed by atoms with Gasteiger partial charge in [-0.25, -0.2) is 21.2 Å². The molecule has 1 atom stereocenters. The Bertz CT molecular complexity index is 637. The van der Waals surface area contributed by atoms with Gasteiger partial charge in [0.15, 0.2) is 9.84 Å². The summed E-state index contributed by atoms with van der Waals surface area (Å²) >= 11 is 0. The first-order valence-corrected chi connectivity index (χ1v) is 8.63. The molecular formula is C10H12FNO4S2. The van der Waals surface area contributed by atoms with Gasteiger partial charge in [0.05, 0.1) is 16.8 Å². The van der Waals surface area contributed by atoms with Gasteiger partial charge in [-0.1, -0.05) is 0 Å². The van der Waals surface area contributed by atoms with Crippen molar-refractivity contribution in [3.05, 3.63) is 30.1 Å². The second kappa shape index (κ2) is 4.51. The van der Waals surface area contributed by atoms with Gasteiger partial charge in [-0.3, -0.25) is 4.72 Å². The summed E-state index contributed by atoms with van der Waals surface area (Å²) in [4.78, 5) is 0. The molecular weight excluding hydrogens is 281 g/mol. The van der Waals surface area contributed by atoms with Crippen LogP contribution in [0, 0.1) is 5.82 Å². The number of hydrogen-bond acceptors (Lipinski definition) is 4. The summed E-state index contributed by atoms with van der Waals surface area (Å²) in [6.07, 6.45) is 0.0961. The largest absolute Gasteiger partial charge is 0.283 e. The van der Waals surface area contributed by atoms with E-state index in [-0.39, 0.29) is 23.6 Å². The summed E-state index contributed by atoms with van der Waals surface area (Å²) in [7, 11) is -7.01. The van der Waals surface area contributed by atoms with E-state index in [2.05, 4.69) is 4.72 Å². The van der Waals surface area contributed by atoms with Crippen molar-refractivity contribution >= 4 is 25.5 Å². The maximum Gasteiger partial charge on any atom is 0.236 e. The van der Waals surface area contributed by atoms with E-state index in [1.807, 2.05) is 0 Å². The van der Waals surface area contributed by atoms with Gasteiger partial charge in [0.1, 0.15) is 5.82 Å². The zero-order chi connectivity index (χ0) is 13.4. The number of sulfonamides is 1. The summed E-state index contributed by atoms with van der Waals surface area (Å²) in [6.45, 7) is 0. The van der Waals surface area contributed by atoms with Gasteiger partial charge in [-0.15, -0.1) is 0 Å². The molecule has 1 heterocycles. The molecule has 2 rings (SSSR count). The van der Waals surface area contributed by atoms with E-state index in [0.717, 1.165) is 12.1 Å². The SMILES string of the molecule is O=S1(=O)CCC(S(=O)(=O)Nc2ccc(F)cc2)C1. The van der Waals surface area contributed by atoms with Crippen LogP contribution < -0.4 is 4.72 Å². The van der Waals surface area contributed by atoms with Crippen LogP contribution in [0.3, 0.4) is 0 Å². The molecule has 0 bridgehead atoms. The van der Waals surface area contributed by atoms with Crippen LogP contribution in [0.1, 0.15) is 6.42 Å². The van der Waals surface area contributed by atoms with Gasteiger partial charge < -0.3 is 0 Å².